The van der Waals surface area contributed by atoms with Crippen molar-refractivity contribution in [1.29, 1.82) is 0 Å². The Morgan fingerprint density at radius 2 is 1.59 bits per heavy atom. The maximum Gasteiger partial charge on any atom is 0.410 e. The largest absolute Gasteiger partial charge is 0.449 e. The van der Waals surface area contributed by atoms with E-state index in [9.17, 15) is 9.59 Å². The fraction of sp³-hybridized carbons (Fsp3) is 0.400. The highest BCUT2D eigenvalue weighted by molar-refractivity contribution is 7.80. The Kier molecular flexibility index (Phi) is 9.20. The van der Waals surface area contributed by atoms with Gasteiger partial charge in [-0.2, -0.15) is 0 Å². The van der Waals surface area contributed by atoms with Crippen LogP contribution in [0.4, 0.5) is 10.5 Å². The van der Waals surface area contributed by atoms with E-state index in [0.717, 1.165) is 11.3 Å². The molecule has 0 saturated heterocycles. The van der Waals surface area contributed by atoms with Gasteiger partial charge in [-0.3, -0.25) is 9.69 Å². The maximum atomic E-state index is 13.1. The number of para-hydroxylation sites is 1. The minimum absolute atomic E-state index is 0.136. The van der Waals surface area contributed by atoms with Crippen molar-refractivity contribution in [2.24, 2.45) is 5.92 Å². The fourth-order valence-electron chi connectivity index (χ4n) is 3.12. The number of hydrogen-bond donors (Lipinski definition) is 1. The lowest BCUT2D eigenvalue weighted by molar-refractivity contribution is -0.122. The van der Waals surface area contributed by atoms with Gasteiger partial charge in [-0.15, -0.1) is 0 Å². The van der Waals surface area contributed by atoms with Gasteiger partial charge in [-0.1, -0.05) is 74.6 Å². The molecule has 0 heterocycles. The Bertz CT molecular complexity index is 901. The van der Waals surface area contributed by atoms with Crippen molar-refractivity contribution in [3.63, 3.8) is 0 Å². The summed E-state index contributed by atoms with van der Waals surface area (Å²) in [4.78, 5) is 29.3. The van der Waals surface area contributed by atoms with Crippen molar-refractivity contribution in [3.05, 3.63) is 66.2 Å². The molecule has 2 aromatic carbocycles. The van der Waals surface area contributed by atoms with Crippen LogP contribution in [0.3, 0.4) is 0 Å². The average molecular weight is 456 g/mol. The monoisotopic (exact) mass is 455 g/mol. The van der Waals surface area contributed by atoms with Crippen LogP contribution in [0.5, 0.6) is 0 Å². The first kappa shape index (κ1) is 25.3. The lowest BCUT2D eigenvalue weighted by atomic mass is 10.0. The van der Waals surface area contributed by atoms with Crippen LogP contribution in [0.25, 0.3) is 0 Å². The van der Waals surface area contributed by atoms with Crippen molar-refractivity contribution in [3.8, 4) is 0 Å². The molecule has 32 heavy (non-hydrogen) atoms. The number of nitrogens with zero attached hydrogens (tertiary/aromatic N) is 2. The molecular formula is C25H33N3O3S. The molecule has 0 aliphatic rings. The number of amides is 2. The summed E-state index contributed by atoms with van der Waals surface area (Å²) < 4.78 is 5.44. The Morgan fingerprint density at radius 3 is 2.16 bits per heavy atom. The highest BCUT2D eigenvalue weighted by Crippen LogP contribution is 2.17. The van der Waals surface area contributed by atoms with Gasteiger partial charge in [-0.25, -0.2) is 4.79 Å². The second-order valence-electron chi connectivity index (χ2n) is 8.69. The summed E-state index contributed by atoms with van der Waals surface area (Å²) in [7, 11) is 1.73. The van der Waals surface area contributed by atoms with Crippen LogP contribution in [-0.4, -0.2) is 47.6 Å². The van der Waals surface area contributed by atoms with Gasteiger partial charge in [0, 0.05) is 19.3 Å². The molecule has 1 N–H and O–H groups in total. The number of ether oxygens (including phenoxy) is 1. The second kappa shape index (κ2) is 11.6. The van der Waals surface area contributed by atoms with Gasteiger partial charge < -0.3 is 15.0 Å². The van der Waals surface area contributed by atoms with E-state index in [4.69, 9.17) is 17.0 Å². The standard InChI is InChI=1S/C25H33N3O3S/c1-19(2)18-31-24(30)28(16-20-12-8-6-9-13-20)17-22(32)26-25(3,4)23(29)27(5)21-14-10-7-11-15-21/h6-15,19H,16-18H2,1-5H3,(H,26,32). The molecule has 0 aromatic heterocycles. The zero-order chi connectivity index (χ0) is 23.7. The molecule has 172 valence electrons. The van der Waals surface area contributed by atoms with Crippen LogP contribution in [-0.2, 0) is 16.1 Å². The minimum Gasteiger partial charge on any atom is -0.449 e. The number of benzene rings is 2. The minimum atomic E-state index is -0.956. The smallest absolute Gasteiger partial charge is 0.410 e. The van der Waals surface area contributed by atoms with Crippen LogP contribution in [0.2, 0.25) is 0 Å². The lowest BCUT2D eigenvalue weighted by Crippen LogP contribution is -2.56. The first-order valence-electron chi connectivity index (χ1n) is 10.7. The Labute approximate surface area is 196 Å². The van der Waals surface area contributed by atoms with E-state index in [-0.39, 0.29) is 18.4 Å². The summed E-state index contributed by atoms with van der Waals surface area (Å²) in [5.74, 6) is 0.0933. The van der Waals surface area contributed by atoms with Crippen molar-refractivity contribution < 1.29 is 14.3 Å². The third-order valence-corrected chi connectivity index (χ3v) is 5.01. The van der Waals surface area contributed by atoms with E-state index < -0.39 is 11.6 Å². The fourth-order valence-corrected chi connectivity index (χ4v) is 3.53. The SMILES string of the molecule is CC(C)COC(=O)N(CC(=S)NC(C)(C)C(=O)N(C)c1ccccc1)Cc1ccccc1. The van der Waals surface area contributed by atoms with Gasteiger partial charge in [0.15, 0.2) is 0 Å². The van der Waals surface area contributed by atoms with Crippen molar-refractivity contribution in [1.82, 2.24) is 10.2 Å². The van der Waals surface area contributed by atoms with E-state index in [1.807, 2.05) is 74.5 Å². The van der Waals surface area contributed by atoms with Crippen LogP contribution in [0.1, 0.15) is 33.3 Å². The number of thiocarbonyl (C=S) groups is 1. The van der Waals surface area contributed by atoms with E-state index >= 15 is 0 Å². The number of rotatable bonds is 9. The number of anilines is 1. The van der Waals surface area contributed by atoms with Crippen LogP contribution in [0, 0.1) is 5.92 Å². The first-order valence-corrected chi connectivity index (χ1v) is 11.1. The van der Waals surface area contributed by atoms with Crippen LogP contribution < -0.4 is 10.2 Å². The molecule has 6 nitrogen and oxygen atoms in total. The van der Waals surface area contributed by atoms with Gasteiger partial charge in [0.25, 0.3) is 5.91 Å². The van der Waals surface area contributed by atoms with E-state index in [1.54, 1.807) is 30.7 Å². The zero-order valence-corrected chi connectivity index (χ0v) is 20.3. The number of nitrogens with one attached hydrogen (secondary N) is 1. The number of carbonyl (C=O) groups excluding carboxylic acids is 2. The van der Waals surface area contributed by atoms with Crippen LogP contribution >= 0.6 is 12.2 Å². The maximum absolute atomic E-state index is 13.1. The first-order chi connectivity index (χ1) is 15.1. The quantitative estimate of drug-likeness (QED) is 0.558. The lowest BCUT2D eigenvalue weighted by Gasteiger charge is -2.32. The summed E-state index contributed by atoms with van der Waals surface area (Å²) in [6, 6.07) is 19.1. The summed E-state index contributed by atoms with van der Waals surface area (Å²) in [5, 5.41) is 3.13. The molecule has 2 aromatic rings. The Hall–Kier alpha value is -2.93. The van der Waals surface area contributed by atoms with Gasteiger partial charge in [0.05, 0.1) is 18.1 Å². The topological polar surface area (TPSA) is 61.9 Å². The summed E-state index contributed by atoms with van der Waals surface area (Å²) in [6.45, 7) is 8.36. The highest BCUT2D eigenvalue weighted by atomic mass is 32.1. The Balaban J connectivity index is 2.08. The number of carbonyl (C=O) groups is 2. The third-order valence-electron chi connectivity index (χ3n) is 4.78. The summed E-state index contributed by atoms with van der Waals surface area (Å²) >= 11 is 5.54. The normalized spacial score (nSPS) is 11.1. The molecular weight excluding hydrogens is 422 g/mol. The van der Waals surface area contributed by atoms with Gasteiger partial charge >= 0.3 is 6.09 Å². The molecule has 0 aliphatic carbocycles. The predicted molar refractivity (Wildman–Crippen MR) is 133 cm³/mol. The van der Waals surface area contributed by atoms with Crippen molar-refractivity contribution in [2.45, 2.75) is 39.8 Å². The van der Waals surface area contributed by atoms with E-state index in [2.05, 4.69) is 5.32 Å². The molecule has 0 bridgehead atoms. The molecule has 0 fully saturated rings. The van der Waals surface area contributed by atoms with E-state index in [0.29, 0.717) is 18.1 Å². The molecule has 0 aliphatic heterocycles. The Morgan fingerprint density at radius 1 is 1.03 bits per heavy atom. The average Bonchev–Trinajstić information content (AvgIpc) is 2.76. The zero-order valence-electron chi connectivity index (χ0n) is 19.5. The van der Waals surface area contributed by atoms with Crippen molar-refractivity contribution >= 4 is 34.9 Å². The van der Waals surface area contributed by atoms with E-state index in [1.165, 1.54) is 0 Å². The summed E-state index contributed by atoms with van der Waals surface area (Å²) in [6.07, 6.45) is -0.433. The molecule has 0 unspecified atom stereocenters. The molecule has 0 spiro atoms. The predicted octanol–water partition coefficient (Wildman–Crippen LogP) is 4.64. The number of hydrogen-bond acceptors (Lipinski definition) is 4. The van der Waals surface area contributed by atoms with Gasteiger partial charge in [0.2, 0.25) is 0 Å². The van der Waals surface area contributed by atoms with Gasteiger partial charge in [0.1, 0.15) is 5.54 Å². The molecule has 2 amide bonds. The number of likely N-dealkylation sites (N-methyl/N-ethyl adjacent to an activating group) is 1. The molecule has 0 radical (unpaired) electrons. The van der Waals surface area contributed by atoms with Gasteiger partial charge in [-0.05, 0) is 37.5 Å². The third kappa shape index (κ3) is 7.64. The molecule has 0 atom stereocenters. The van der Waals surface area contributed by atoms with Crippen LogP contribution in [0.15, 0.2) is 60.7 Å². The highest BCUT2D eigenvalue weighted by Gasteiger charge is 2.32. The molecule has 0 saturated carbocycles. The second-order valence-corrected chi connectivity index (χ2v) is 9.18. The van der Waals surface area contributed by atoms with Crippen molar-refractivity contribution in [2.75, 3.05) is 25.1 Å². The molecule has 7 heteroatoms. The molecule has 2 rings (SSSR count). The summed E-state index contributed by atoms with van der Waals surface area (Å²) in [5.41, 5.74) is 0.805.